The van der Waals surface area contributed by atoms with Crippen molar-refractivity contribution in [1.29, 1.82) is 0 Å². The summed E-state index contributed by atoms with van der Waals surface area (Å²) in [5, 5.41) is 3.25. The van der Waals surface area contributed by atoms with Gasteiger partial charge in [-0.3, -0.25) is 4.90 Å². The van der Waals surface area contributed by atoms with Crippen molar-refractivity contribution >= 4 is 0 Å². The van der Waals surface area contributed by atoms with E-state index in [0.29, 0.717) is 0 Å². The van der Waals surface area contributed by atoms with Crippen molar-refractivity contribution < 1.29 is 4.42 Å². The lowest BCUT2D eigenvalue weighted by molar-refractivity contribution is 0.285. The van der Waals surface area contributed by atoms with Crippen LogP contribution in [0.4, 0.5) is 0 Å². The van der Waals surface area contributed by atoms with Crippen LogP contribution in [0.25, 0.3) is 0 Å². The number of aryl methyl sites for hydroxylation is 1. The van der Waals surface area contributed by atoms with Crippen molar-refractivity contribution in [3.8, 4) is 0 Å². The molecule has 0 amide bonds. The van der Waals surface area contributed by atoms with Crippen molar-refractivity contribution in [3.05, 3.63) is 23.7 Å². The molecule has 2 rings (SSSR count). The van der Waals surface area contributed by atoms with E-state index in [1.165, 1.54) is 25.1 Å². The molecule has 15 heavy (non-hydrogen) atoms. The van der Waals surface area contributed by atoms with E-state index in [4.69, 9.17) is 4.42 Å². The van der Waals surface area contributed by atoms with Gasteiger partial charge in [0.05, 0.1) is 12.8 Å². The van der Waals surface area contributed by atoms with Crippen LogP contribution in [-0.2, 0) is 6.54 Å². The van der Waals surface area contributed by atoms with Gasteiger partial charge in [0, 0.05) is 6.54 Å². The van der Waals surface area contributed by atoms with Gasteiger partial charge in [0.15, 0.2) is 0 Å². The second-order valence-corrected chi connectivity index (χ2v) is 4.47. The first-order valence-corrected chi connectivity index (χ1v) is 5.69. The minimum Gasteiger partial charge on any atom is -0.468 e. The van der Waals surface area contributed by atoms with Crippen LogP contribution < -0.4 is 5.32 Å². The molecular weight excluding hydrogens is 188 g/mol. The number of hydrogen-bond acceptors (Lipinski definition) is 3. The van der Waals surface area contributed by atoms with Crippen molar-refractivity contribution in [2.75, 3.05) is 26.7 Å². The predicted molar refractivity (Wildman–Crippen MR) is 60.8 cm³/mol. The summed E-state index contributed by atoms with van der Waals surface area (Å²) >= 11 is 0. The summed E-state index contributed by atoms with van der Waals surface area (Å²) in [7, 11) is 2.03. The SMILES string of the molecule is CNCC1CCN(Cc2occc2C)C1. The minimum atomic E-state index is 0.810. The average molecular weight is 208 g/mol. The largest absolute Gasteiger partial charge is 0.468 e. The molecule has 3 nitrogen and oxygen atoms in total. The Morgan fingerprint density at radius 3 is 3.13 bits per heavy atom. The maximum atomic E-state index is 5.46. The molecule has 1 atom stereocenters. The Morgan fingerprint density at radius 1 is 1.60 bits per heavy atom. The Balaban J connectivity index is 1.85. The highest BCUT2D eigenvalue weighted by Crippen LogP contribution is 2.19. The van der Waals surface area contributed by atoms with Gasteiger partial charge in [-0.15, -0.1) is 0 Å². The molecule has 2 heterocycles. The Bertz CT molecular complexity index is 308. The number of hydrogen-bond donors (Lipinski definition) is 1. The molecule has 1 aromatic rings. The van der Waals surface area contributed by atoms with Crippen LogP contribution in [0.1, 0.15) is 17.7 Å². The van der Waals surface area contributed by atoms with E-state index in [1.807, 2.05) is 13.1 Å². The van der Waals surface area contributed by atoms with Gasteiger partial charge < -0.3 is 9.73 Å². The van der Waals surface area contributed by atoms with Gasteiger partial charge >= 0.3 is 0 Å². The van der Waals surface area contributed by atoms with Gasteiger partial charge in [0.25, 0.3) is 0 Å². The Labute approximate surface area is 91.4 Å². The smallest absolute Gasteiger partial charge is 0.120 e. The van der Waals surface area contributed by atoms with E-state index in [-0.39, 0.29) is 0 Å². The van der Waals surface area contributed by atoms with E-state index in [9.17, 15) is 0 Å². The lowest BCUT2D eigenvalue weighted by atomic mass is 10.1. The molecule has 1 N–H and O–H groups in total. The maximum absolute atomic E-state index is 5.46. The van der Waals surface area contributed by atoms with Gasteiger partial charge in [-0.25, -0.2) is 0 Å². The molecule has 1 fully saturated rings. The van der Waals surface area contributed by atoms with E-state index in [0.717, 1.165) is 24.8 Å². The van der Waals surface area contributed by atoms with Gasteiger partial charge in [0.1, 0.15) is 5.76 Å². The lowest BCUT2D eigenvalue weighted by Gasteiger charge is -2.14. The van der Waals surface area contributed by atoms with Crippen molar-refractivity contribution in [2.45, 2.75) is 19.9 Å². The standard InChI is InChI=1S/C12H20N2O/c1-10-4-6-15-12(10)9-14-5-3-11(8-14)7-13-2/h4,6,11,13H,3,5,7-9H2,1-2H3. The normalized spacial score (nSPS) is 22.4. The van der Waals surface area contributed by atoms with E-state index >= 15 is 0 Å². The van der Waals surface area contributed by atoms with Crippen molar-refractivity contribution in [1.82, 2.24) is 10.2 Å². The fraction of sp³-hybridized carbons (Fsp3) is 0.667. The monoisotopic (exact) mass is 208 g/mol. The molecule has 0 saturated carbocycles. The third kappa shape index (κ3) is 2.61. The van der Waals surface area contributed by atoms with E-state index in [1.54, 1.807) is 6.26 Å². The number of likely N-dealkylation sites (tertiary alicyclic amines) is 1. The molecule has 1 aromatic heterocycles. The molecule has 84 valence electrons. The lowest BCUT2D eigenvalue weighted by Crippen LogP contribution is -2.24. The fourth-order valence-corrected chi connectivity index (χ4v) is 2.28. The minimum absolute atomic E-state index is 0.810. The molecule has 1 saturated heterocycles. The molecule has 1 aliphatic heterocycles. The van der Waals surface area contributed by atoms with Crippen LogP contribution in [0.2, 0.25) is 0 Å². The van der Waals surface area contributed by atoms with Gasteiger partial charge in [-0.1, -0.05) is 0 Å². The Hall–Kier alpha value is -0.800. The second-order valence-electron chi connectivity index (χ2n) is 4.47. The zero-order chi connectivity index (χ0) is 10.7. The summed E-state index contributed by atoms with van der Waals surface area (Å²) in [5.41, 5.74) is 1.27. The topological polar surface area (TPSA) is 28.4 Å². The number of furan rings is 1. The van der Waals surface area contributed by atoms with Crippen molar-refractivity contribution in [2.24, 2.45) is 5.92 Å². The highest BCUT2D eigenvalue weighted by Gasteiger charge is 2.22. The number of nitrogens with zero attached hydrogens (tertiary/aromatic N) is 1. The third-order valence-electron chi connectivity index (χ3n) is 3.20. The van der Waals surface area contributed by atoms with Crippen LogP contribution in [-0.4, -0.2) is 31.6 Å². The maximum Gasteiger partial charge on any atom is 0.120 e. The summed E-state index contributed by atoms with van der Waals surface area (Å²) in [6.07, 6.45) is 3.09. The third-order valence-corrected chi connectivity index (χ3v) is 3.20. The fourth-order valence-electron chi connectivity index (χ4n) is 2.28. The van der Waals surface area contributed by atoms with Crippen LogP contribution in [0.3, 0.4) is 0 Å². The molecule has 0 aromatic carbocycles. The molecule has 0 aliphatic carbocycles. The Morgan fingerprint density at radius 2 is 2.47 bits per heavy atom. The molecule has 0 radical (unpaired) electrons. The van der Waals surface area contributed by atoms with Gasteiger partial charge in [-0.05, 0) is 51.0 Å². The molecule has 0 spiro atoms. The zero-order valence-corrected chi connectivity index (χ0v) is 9.62. The van der Waals surface area contributed by atoms with Crippen LogP contribution in [0, 0.1) is 12.8 Å². The van der Waals surface area contributed by atoms with Gasteiger partial charge in [-0.2, -0.15) is 0 Å². The quantitative estimate of drug-likeness (QED) is 0.815. The van der Waals surface area contributed by atoms with Gasteiger partial charge in [0.2, 0.25) is 0 Å². The highest BCUT2D eigenvalue weighted by atomic mass is 16.3. The summed E-state index contributed by atoms with van der Waals surface area (Å²) < 4.78 is 5.46. The first-order valence-electron chi connectivity index (χ1n) is 5.69. The summed E-state index contributed by atoms with van der Waals surface area (Å²) in [5.74, 6) is 1.94. The number of nitrogens with one attached hydrogen (secondary N) is 1. The summed E-state index contributed by atoms with van der Waals surface area (Å²) in [6.45, 7) is 6.61. The van der Waals surface area contributed by atoms with Crippen LogP contribution in [0.5, 0.6) is 0 Å². The van der Waals surface area contributed by atoms with E-state index < -0.39 is 0 Å². The number of rotatable bonds is 4. The Kier molecular flexibility index (Phi) is 3.44. The zero-order valence-electron chi connectivity index (χ0n) is 9.62. The first-order chi connectivity index (χ1) is 7.29. The summed E-state index contributed by atoms with van der Waals surface area (Å²) in [6, 6.07) is 2.04. The van der Waals surface area contributed by atoms with Crippen LogP contribution >= 0.6 is 0 Å². The van der Waals surface area contributed by atoms with E-state index in [2.05, 4.69) is 17.1 Å². The average Bonchev–Trinajstić information content (AvgIpc) is 2.79. The summed E-state index contributed by atoms with van der Waals surface area (Å²) in [4.78, 5) is 2.48. The van der Waals surface area contributed by atoms with Crippen LogP contribution in [0.15, 0.2) is 16.7 Å². The second kappa shape index (κ2) is 4.81. The molecule has 1 aliphatic rings. The highest BCUT2D eigenvalue weighted by molar-refractivity contribution is 5.14. The molecule has 3 heteroatoms. The molecular formula is C12H20N2O. The molecule has 0 bridgehead atoms. The first kappa shape index (κ1) is 10.7. The predicted octanol–water partition coefficient (Wildman–Crippen LogP) is 1.63. The molecule has 1 unspecified atom stereocenters. The van der Waals surface area contributed by atoms with Crippen molar-refractivity contribution in [3.63, 3.8) is 0 Å².